The van der Waals surface area contributed by atoms with E-state index < -0.39 is 6.10 Å². The van der Waals surface area contributed by atoms with Gasteiger partial charge in [0.25, 0.3) is 0 Å². The first-order chi connectivity index (χ1) is 11.6. The van der Waals surface area contributed by atoms with Gasteiger partial charge in [0.15, 0.2) is 11.5 Å². The van der Waals surface area contributed by atoms with Gasteiger partial charge in [0.05, 0.1) is 24.0 Å². The summed E-state index contributed by atoms with van der Waals surface area (Å²) in [4.78, 5) is 2.32. The Kier molecular flexibility index (Phi) is 4.12. The van der Waals surface area contributed by atoms with E-state index in [-0.39, 0.29) is 6.79 Å². The van der Waals surface area contributed by atoms with Crippen LogP contribution in [0.5, 0.6) is 11.5 Å². The first-order valence-electron chi connectivity index (χ1n) is 8.19. The highest BCUT2D eigenvalue weighted by atomic mass is 35.5. The Labute approximate surface area is 145 Å². The summed E-state index contributed by atoms with van der Waals surface area (Å²) in [7, 11) is 0. The Bertz CT molecular complexity index is 762. The Morgan fingerprint density at radius 3 is 2.83 bits per heavy atom. The maximum Gasteiger partial charge on any atom is 0.231 e. The van der Waals surface area contributed by atoms with Crippen molar-refractivity contribution < 1.29 is 14.6 Å². The summed E-state index contributed by atoms with van der Waals surface area (Å²) in [5.74, 6) is 1.46. The molecule has 0 spiro atoms. The lowest BCUT2D eigenvalue weighted by Gasteiger charge is -2.27. The summed E-state index contributed by atoms with van der Waals surface area (Å²) >= 11 is 6.38. The van der Waals surface area contributed by atoms with E-state index in [2.05, 4.69) is 10.00 Å². The molecule has 0 radical (unpaired) electrons. The summed E-state index contributed by atoms with van der Waals surface area (Å²) in [5.41, 5.74) is 2.92. The molecular weight excluding hydrogens is 330 g/mol. The summed E-state index contributed by atoms with van der Waals surface area (Å²) < 4.78 is 12.8. The lowest BCUT2D eigenvalue weighted by atomic mass is 10.1. The molecule has 0 fully saturated rings. The number of aromatic nitrogens is 2. The number of hydrogen-bond donors (Lipinski definition) is 1. The van der Waals surface area contributed by atoms with Gasteiger partial charge < -0.3 is 14.6 Å². The predicted octanol–water partition coefficient (Wildman–Crippen LogP) is 2.72. The van der Waals surface area contributed by atoms with Crippen LogP contribution < -0.4 is 9.47 Å². The summed E-state index contributed by atoms with van der Waals surface area (Å²) in [6, 6.07) is 5.79. The molecule has 1 aromatic heterocycles. The van der Waals surface area contributed by atoms with Crippen LogP contribution in [0.25, 0.3) is 0 Å². The Balaban J connectivity index is 1.50. The van der Waals surface area contributed by atoms with E-state index >= 15 is 0 Å². The van der Waals surface area contributed by atoms with Crippen molar-refractivity contribution in [3.05, 3.63) is 40.2 Å². The molecule has 0 saturated heterocycles. The number of aliphatic hydroxyl groups excluding tert-OH is 1. The van der Waals surface area contributed by atoms with Crippen LogP contribution in [0.2, 0.25) is 5.02 Å². The molecule has 1 aromatic carbocycles. The van der Waals surface area contributed by atoms with E-state index in [0.717, 1.165) is 48.9 Å². The molecule has 7 heteroatoms. The number of hydrogen-bond acceptors (Lipinski definition) is 5. The molecule has 2 aromatic rings. The highest BCUT2D eigenvalue weighted by Gasteiger charge is 2.23. The third-order valence-corrected chi connectivity index (χ3v) is 4.91. The zero-order valence-corrected chi connectivity index (χ0v) is 14.3. The molecule has 3 heterocycles. The summed E-state index contributed by atoms with van der Waals surface area (Å²) in [6.45, 7) is 5.44. The van der Waals surface area contributed by atoms with Gasteiger partial charge in [-0.2, -0.15) is 5.10 Å². The Morgan fingerprint density at radius 1 is 1.25 bits per heavy atom. The second-order valence-electron chi connectivity index (χ2n) is 6.22. The van der Waals surface area contributed by atoms with Crippen LogP contribution in [0.3, 0.4) is 0 Å². The molecular formula is C17H20ClN3O3. The first-order valence-corrected chi connectivity index (χ1v) is 8.57. The van der Waals surface area contributed by atoms with Crippen molar-refractivity contribution in [3.8, 4) is 11.5 Å². The van der Waals surface area contributed by atoms with E-state index in [1.807, 2.05) is 29.8 Å². The minimum absolute atomic E-state index is 0.251. The number of benzene rings is 1. The van der Waals surface area contributed by atoms with Crippen molar-refractivity contribution in [2.75, 3.05) is 13.3 Å². The Morgan fingerprint density at radius 2 is 2.04 bits per heavy atom. The van der Waals surface area contributed by atoms with Crippen LogP contribution in [0, 0.1) is 0 Å². The highest BCUT2D eigenvalue weighted by Crippen LogP contribution is 2.37. The second-order valence-corrected chi connectivity index (χ2v) is 6.62. The van der Waals surface area contributed by atoms with Gasteiger partial charge in [0.1, 0.15) is 0 Å². The number of nitrogens with zero attached hydrogens (tertiary/aromatic N) is 3. The molecule has 128 valence electrons. The van der Waals surface area contributed by atoms with Gasteiger partial charge in [0.2, 0.25) is 6.79 Å². The van der Waals surface area contributed by atoms with Gasteiger partial charge in [0, 0.05) is 30.7 Å². The molecule has 4 rings (SSSR count). The number of rotatable bonds is 4. The van der Waals surface area contributed by atoms with Gasteiger partial charge in [-0.3, -0.25) is 9.58 Å². The van der Waals surface area contributed by atoms with Crippen LogP contribution in [0.15, 0.2) is 18.2 Å². The minimum atomic E-state index is -0.486. The second kappa shape index (κ2) is 6.27. The number of fused-ring (bicyclic) bond motifs is 2. The van der Waals surface area contributed by atoms with Crippen LogP contribution in [-0.4, -0.2) is 33.1 Å². The Hall–Kier alpha value is -1.76. The van der Waals surface area contributed by atoms with E-state index in [1.165, 1.54) is 0 Å². The smallest absolute Gasteiger partial charge is 0.231 e. The molecule has 1 atom stereocenters. The number of halogens is 1. The normalized spacial score (nSPS) is 17.8. The fourth-order valence-corrected chi connectivity index (χ4v) is 3.38. The molecule has 1 N–H and O–H groups in total. The zero-order valence-electron chi connectivity index (χ0n) is 13.5. The maximum absolute atomic E-state index is 9.97. The SMILES string of the molecule is CC[C@@H](O)c1cc2n(n1)CCN(Cc1cc3c(cc1Cl)OCO3)C2. The van der Waals surface area contributed by atoms with E-state index in [0.29, 0.717) is 17.2 Å². The topological polar surface area (TPSA) is 59.8 Å². The van der Waals surface area contributed by atoms with Crippen LogP contribution >= 0.6 is 11.6 Å². The number of ether oxygens (including phenoxy) is 2. The molecule has 2 aliphatic heterocycles. The van der Waals surface area contributed by atoms with Crippen molar-refractivity contribution in [1.82, 2.24) is 14.7 Å². The first kappa shape index (κ1) is 15.7. The van der Waals surface area contributed by atoms with Crippen LogP contribution in [-0.2, 0) is 19.6 Å². The van der Waals surface area contributed by atoms with Crippen molar-refractivity contribution in [2.24, 2.45) is 0 Å². The standard InChI is InChI=1S/C17H20ClN3O3/c1-2-15(22)14-6-12-9-20(3-4-21(12)19-14)8-11-5-16-17(7-13(11)18)24-10-23-16/h5-7,15,22H,2-4,8-10H2,1H3/t15-/m1/s1. The van der Waals surface area contributed by atoms with E-state index in [9.17, 15) is 5.11 Å². The molecule has 0 saturated carbocycles. The summed E-state index contributed by atoms with van der Waals surface area (Å²) in [5, 5.41) is 15.2. The molecule has 0 unspecified atom stereocenters. The van der Waals surface area contributed by atoms with Crippen molar-refractivity contribution in [3.63, 3.8) is 0 Å². The van der Waals surface area contributed by atoms with Gasteiger partial charge in [-0.25, -0.2) is 0 Å². The van der Waals surface area contributed by atoms with E-state index in [4.69, 9.17) is 21.1 Å². The minimum Gasteiger partial charge on any atom is -0.454 e. The average Bonchev–Trinajstić information content (AvgIpc) is 3.20. The lowest BCUT2D eigenvalue weighted by molar-refractivity contribution is 0.166. The third-order valence-electron chi connectivity index (χ3n) is 4.56. The van der Waals surface area contributed by atoms with Gasteiger partial charge in [-0.1, -0.05) is 18.5 Å². The van der Waals surface area contributed by atoms with Crippen molar-refractivity contribution in [2.45, 2.75) is 39.1 Å². The fraction of sp³-hybridized carbons (Fsp3) is 0.471. The number of aliphatic hydroxyl groups is 1. The predicted molar refractivity (Wildman–Crippen MR) is 89.2 cm³/mol. The molecule has 2 aliphatic rings. The van der Waals surface area contributed by atoms with Crippen molar-refractivity contribution in [1.29, 1.82) is 0 Å². The molecule has 24 heavy (non-hydrogen) atoms. The van der Waals surface area contributed by atoms with Gasteiger partial charge in [-0.15, -0.1) is 0 Å². The molecule has 6 nitrogen and oxygen atoms in total. The van der Waals surface area contributed by atoms with Crippen molar-refractivity contribution >= 4 is 11.6 Å². The molecule has 0 amide bonds. The van der Waals surface area contributed by atoms with Gasteiger partial charge in [-0.05, 0) is 24.1 Å². The van der Waals surface area contributed by atoms with Crippen LogP contribution in [0.4, 0.5) is 0 Å². The van der Waals surface area contributed by atoms with Crippen LogP contribution in [0.1, 0.15) is 36.4 Å². The third kappa shape index (κ3) is 2.85. The highest BCUT2D eigenvalue weighted by molar-refractivity contribution is 6.31. The monoisotopic (exact) mass is 349 g/mol. The largest absolute Gasteiger partial charge is 0.454 e. The molecule has 0 aliphatic carbocycles. The fourth-order valence-electron chi connectivity index (χ4n) is 3.17. The zero-order chi connectivity index (χ0) is 16.7. The maximum atomic E-state index is 9.97. The van der Waals surface area contributed by atoms with Gasteiger partial charge >= 0.3 is 0 Å². The average molecular weight is 350 g/mol. The quantitative estimate of drug-likeness (QED) is 0.919. The molecule has 0 bridgehead atoms. The lowest BCUT2D eigenvalue weighted by Crippen LogP contribution is -2.33. The van der Waals surface area contributed by atoms with E-state index in [1.54, 1.807) is 0 Å². The summed E-state index contributed by atoms with van der Waals surface area (Å²) in [6.07, 6.45) is 0.187.